The maximum absolute atomic E-state index is 13.1. The second-order valence-corrected chi connectivity index (χ2v) is 6.58. The summed E-state index contributed by atoms with van der Waals surface area (Å²) < 4.78 is 0. The van der Waals surface area contributed by atoms with Gasteiger partial charge in [-0.05, 0) is 49.9 Å². The van der Waals surface area contributed by atoms with E-state index in [1.165, 1.54) is 5.56 Å². The number of allylic oxidation sites excluding steroid dienone is 1. The maximum Gasteiger partial charge on any atom is 0.170 e. The highest BCUT2D eigenvalue weighted by Gasteiger charge is 2.42. The summed E-state index contributed by atoms with van der Waals surface area (Å²) in [6, 6.07) is 18.4. The molecule has 1 aliphatic rings. The average Bonchev–Trinajstić information content (AvgIpc) is 2.85. The number of hydrogen-bond donors (Lipinski definition) is 0. The number of para-hydroxylation sites is 1. The highest BCUT2D eigenvalue weighted by molar-refractivity contribution is 6.06. The van der Waals surface area contributed by atoms with Gasteiger partial charge in [0.05, 0.1) is 5.41 Å². The molecule has 1 aliphatic carbocycles. The summed E-state index contributed by atoms with van der Waals surface area (Å²) in [6.07, 6.45) is 3.72. The second-order valence-electron chi connectivity index (χ2n) is 6.58. The molecule has 2 heteroatoms. The van der Waals surface area contributed by atoms with Crippen LogP contribution in [-0.2, 0) is 10.2 Å². The number of nitrogens with zero attached hydrogens (tertiary/aromatic N) is 1. The molecule has 0 heterocycles. The molecule has 0 aromatic heterocycles. The third-order valence-corrected chi connectivity index (χ3v) is 4.94. The zero-order chi connectivity index (χ0) is 16.4. The van der Waals surface area contributed by atoms with Gasteiger partial charge in [0.25, 0.3) is 0 Å². The van der Waals surface area contributed by atoms with Crippen molar-refractivity contribution in [1.82, 2.24) is 0 Å². The molecule has 1 atom stereocenters. The molecule has 0 spiro atoms. The molecule has 3 rings (SSSR count). The molecule has 0 radical (unpaired) electrons. The number of carbonyl (C=O) groups excluding carboxylic acids is 1. The van der Waals surface area contributed by atoms with Crippen LogP contribution in [0.5, 0.6) is 0 Å². The van der Waals surface area contributed by atoms with Gasteiger partial charge in [-0.25, -0.2) is 0 Å². The Hall–Kier alpha value is -2.35. The molecule has 2 aromatic rings. The Kier molecular flexibility index (Phi) is 4.08. The zero-order valence-corrected chi connectivity index (χ0v) is 14.0. The number of Topliss-reactive ketones (excluding diaryl/α,β-unsaturated/α-hetero) is 1. The molecule has 0 bridgehead atoms. The van der Waals surface area contributed by atoms with Gasteiger partial charge < -0.3 is 4.90 Å². The SMILES string of the molecule is Cc1ccccc1[C@]1(C)CC/C(=C/N(C)c2ccccc2)C1=O. The Balaban J connectivity index is 1.90. The average molecular weight is 305 g/mol. The fourth-order valence-corrected chi connectivity index (χ4v) is 3.51. The van der Waals surface area contributed by atoms with E-state index in [2.05, 4.69) is 38.1 Å². The number of anilines is 1. The molecule has 2 nitrogen and oxygen atoms in total. The summed E-state index contributed by atoms with van der Waals surface area (Å²) in [7, 11) is 2.00. The smallest absolute Gasteiger partial charge is 0.170 e. The summed E-state index contributed by atoms with van der Waals surface area (Å²) in [5, 5.41) is 0. The summed E-state index contributed by atoms with van der Waals surface area (Å²) in [5.74, 6) is 0.259. The first-order chi connectivity index (χ1) is 11.0. The first-order valence-electron chi connectivity index (χ1n) is 8.12. The van der Waals surface area contributed by atoms with Crippen molar-refractivity contribution in [3.05, 3.63) is 77.5 Å². The quantitative estimate of drug-likeness (QED) is 0.770. The summed E-state index contributed by atoms with van der Waals surface area (Å²) in [5.41, 5.74) is 3.98. The van der Waals surface area contributed by atoms with Crippen molar-refractivity contribution < 1.29 is 4.79 Å². The molecule has 23 heavy (non-hydrogen) atoms. The van der Waals surface area contributed by atoms with Crippen molar-refractivity contribution >= 4 is 11.5 Å². The van der Waals surface area contributed by atoms with Crippen LogP contribution in [0, 0.1) is 6.92 Å². The molecule has 0 saturated heterocycles. The summed E-state index contributed by atoms with van der Waals surface area (Å²) in [6.45, 7) is 4.17. The highest BCUT2D eigenvalue weighted by atomic mass is 16.1. The number of benzene rings is 2. The van der Waals surface area contributed by atoms with E-state index in [0.717, 1.165) is 29.7 Å². The first-order valence-corrected chi connectivity index (χ1v) is 8.12. The van der Waals surface area contributed by atoms with Crippen molar-refractivity contribution in [2.24, 2.45) is 0 Å². The molecular formula is C21H23NO. The van der Waals surface area contributed by atoms with Crippen LogP contribution in [-0.4, -0.2) is 12.8 Å². The normalized spacial score (nSPS) is 22.6. The lowest BCUT2D eigenvalue weighted by atomic mass is 9.78. The van der Waals surface area contributed by atoms with Crippen molar-refractivity contribution in [2.75, 3.05) is 11.9 Å². The number of carbonyl (C=O) groups is 1. The zero-order valence-electron chi connectivity index (χ0n) is 14.0. The van der Waals surface area contributed by atoms with Gasteiger partial charge in [-0.15, -0.1) is 0 Å². The van der Waals surface area contributed by atoms with E-state index in [4.69, 9.17) is 0 Å². The van der Waals surface area contributed by atoms with Crippen LogP contribution in [0.15, 0.2) is 66.4 Å². The van der Waals surface area contributed by atoms with E-state index in [0.29, 0.717) is 0 Å². The van der Waals surface area contributed by atoms with Crippen LogP contribution < -0.4 is 4.90 Å². The number of aryl methyl sites for hydroxylation is 1. The van der Waals surface area contributed by atoms with Crippen LogP contribution in [0.4, 0.5) is 5.69 Å². The van der Waals surface area contributed by atoms with Crippen molar-refractivity contribution in [3.8, 4) is 0 Å². The number of ketones is 1. The van der Waals surface area contributed by atoms with Gasteiger partial charge in [0, 0.05) is 24.5 Å². The molecule has 0 unspecified atom stereocenters. The fourth-order valence-electron chi connectivity index (χ4n) is 3.51. The lowest BCUT2D eigenvalue weighted by Crippen LogP contribution is -2.28. The standard InChI is InChI=1S/C21H23NO/c1-16-9-7-8-12-19(16)21(2)14-13-17(20(21)23)15-22(3)18-10-5-4-6-11-18/h4-12,15H,13-14H2,1-3H3/b17-15-/t21-/m0/s1. The fraction of sp³-hybridized carbons (Fsp3) is 0.286. The van der Waals surface area contributed by atoms with Gasteiger partial charge in [0.2, 0.25) is 0 Å². The van der Waals surface area contributed by atoms with E-state index in [1.54, 1.807) is 0 Å². The largest absolute Gasteiger partial charge is 0.351 e. The molecule has 0 aliphatic heterocycles. The minimum Gasteiger partial charge on any atom is -0.351 e. The third-order valence-electron chi connectivity index (χ3n) is 4.94. The molecule has 2 aromatic carbocycles. The van der Waals surface area contributed by atoms with Crippen LogP contribution in [0.3, 0.4) is 0 Å². The van der Waals surface area contributed by atoms with Crippen molar-refractivity contribution in [3.63, 3.8) is 0 Å². The van der Waals surface area contributed by atoms with Gasteiger partial charge in [-0.3, -0.25) is 4.79 Å². The van der Waals surface area contributed by atoms with E-state index in [-0.39, 0.29) is 5.78 Å². The monoisotopic (exact) mass is 305 g/mol. The topological polar surface area (TPSA) is 20.3 Å². The molecular weight excluding hydrogens is 282 g/mol. The van der Waals surface area contributed by atoms with E-state index < -0.39 is 5.41 Å². The Morgan fingerprint density at radius 2 is 1.70 bits per heavy atom. The van der Waals surface area contributed by atoms with Crippen molar-refractivity contribution in [1.29, 1.82) is 0 Å². The van der Waals surface area contributed by atoms with Crippen LogP contribution in [0.1, 0.15) is 30.9 Å². The lowest BCUT2D eigenvalue weighted by Gasteiger charge is -2.24. The van der Waals surface area contributed by atoms with E-state index >= 15 is 0 Å². The van der Waals surface area contributed by atoms with Gasteiger partial charge in [0.1, 0.15) is 0 Å². The van der Waals surface area contributed by atoms with Gasteiger partial charge in [-0.2, -0.15) is 0 Å². The van der Waals surface area contributed by atoms with E-state index in [1.807, 2.05) is 48.5 Å². The Labute approximate surface area is 138 Å². The molecule has 0 N–H and O–H groups in total. The van der Waals surface area contributed by atoms with Crippen LogP contribution in [0.2, 0.25) is 0 Å². The predicted octanol–water partition coefficient (Wildman–Crippen LogP) is 4.64. The van der Waals surface area contributed by atoms with Gasteiger partial charge in [-0.1, -0.05) is 42.5 Å². The maximum atomic E-state index is 13.1. The minimum absolute atomic E-state index is 0.259. The van der Waals surface area contributed by atoms with Gasteiger partial charge >= 0.3 is 0 Å². The summed E-state index contributed by atoms with van der Waals surface area (Å²) in [4.78, 5) is 15.1. The minimum atomic E-state index is -0.394. The van der Waals surface area contributed by atoms with Crippen LogP contribution >= 0.6 is 0 Å². The lowest BCUT2D eigenvalue weighted by molar-refractivity contribution is -0.118. The van der Waals surface area contributed by atoms with E-state index in [9.17, 15) is 4.79 Å². The molecule has 0 amide bonds. The highest BCUT2D eigenvalue weighted by Crippen LogP contribution is 2.42. The third kappa shape index (κ3) is 2.81. The Bertz CT molecular complexity index is 747. The second kappa shape index (κ2) is 6.04. The Morgan fingerprint density at radius 1 is 1.04 bits per heavy atom. The predicted molar refractivity (Wildman–Crippen MR) is 95.7 cm³/mol. The van der Waals surface area contributed by atoms with Crippen LogP contribution in [0.25, 0.3) is 0 Å². The Morgan fingerprint density at radius 3 is 2.39 bits per heavy atom. The van der Waals surface area contributed by atoms with Gasteiger partial charge in [0.15, 0.2) is 5.78 Å². The number of hydrogen-bond acceptors (Lipinski definition) is 2. The molecule has 118 valence electrons. The molecule has 1 fully saturated rings. The first kappa shape index (κ1) is 15.5. The molecule has 1 saturated carbocycles. The number of rotatable bonds is 3. The summed E-state index contributed by atoms with van der Waals surface area (Å²) >= 11 is 0. The van der Waals surface area contributed by atoms with Crippen molar-refractivity contribution in [2.45, 2.75) is 32.1 Å².